The molecule has 29 heavy (non-hydrogen) atoms. The van der Waals surface area contributed by atoms with Crippen molar-refractivity contribution in [1.29, 1.82) is 0 Å². The first kappa shape index (κ1) is 21.8. The van der Waals surface area contributed by atoms with Gasteiger partial charge in [0, 0.05) is 45.0 Å². The van der Waals surface area contributed by atoms with Crippen molar-refractivity contribution in [3.63, 3.8) is 0 Å². The van der Waals surface area contributed by atoms with Crippen LogP contribution in [-0.4, -0.2) is 63.7 Å². The minimum Gasteiger partial charge on any atom is -0.371 e. The first-order chi connectivity index (χ1) is 14.2. The molecule has 1 aromatic rings. The number of hydrogen-bond donors (Lipinski definition) is 2. The largest absolute Gasteiger partial charge is 0.371 e. The van der Waals surface area contributed by atoms with Gasteiger partial charge in [0.05, 0.1) is 0 Å². The molecule has 0 aromatic heterocycles. The SMILES string of the molecule is CN=C(NCCCN1CCCCCC1)NCC1CCN(c2ccc(F)c(F)c2)C1. The van der Waals surface area contributed by atoms with Crippen LogP contribution >= 0.6 is 0 Å². The molecule has 1 atom stereocenters. The standard InChI is InChI=1S/C22H35F2N5/c1-25-22(26-10-6-13-28-11-4-2-3-5-12-28)27-16-18-9-14-29(17-18)19-7-8-20(23)21(24)15-19/h7-8,15,18H,2-6,9-14,16-17H2,1H3,(H2,25,26,27). The Hall–Kier alpha value is -1.89. The Balaban J connectivity index is 1.33. The minimum atomic E-state index is -0.795. The summed E-state index contributed by atoms with van der Waals surface area (Å²) in [5.74, 6) is -0.281. The van der Waals surface area contributed by atoms with Gasteiger partial charge in [-0.15, -0.1) is 0 Å². The zero-order valence-electron chi connectivity index (χ0n) is 17.6. The Morgan fingerprint density at radius 1 is 1.07 bits per heavy atom. The van der Waals surface area contributed by atoms with Crippen molar-refractivity contribution in [1.82, 2.24) is 15.5 Å². The molecule has 0 bridgehead atoms. The van der Waals surface area contributed by atoms with Gasteiger partial charge < -0.3 is 20.4 Å². The molecular weight excluding hydrogens is 372 g/mol. The van der Waals surface area contributed by atoms with E-state index < -0.39 is 11.6 Å². The third kappa shape index (κ3) is 6.84. The van der Waals surface area contributed by atoms with Crippen molar-refractivity contribution in [2.75, 3.05) is 57.8 Å². The Bertz CT molecular complexity index is 659. The second-order valence-corrected chi connectivity index (χ2v) is 8.19. The van der Waals surface area contributed by atoms with Crippen LogP contribution in [0.3, 0.4) is 0 Å². The normalized spacial score (nSPS) is 21.3. The molecule has 0 radical (unpaired) electrons. The molecule has 7 heteroatoms. The smallest absolute Gasteiger partial charge is 0.190 e. The van der Waals surface area contributed by atoms with Crippen LogP contribution in [0.1, 0.15) is 38.5 Å². The van der Waals surface area contributed by atoms with Crippen molar-refractivity contribution in [2.24, 2.45) is 10.9 Å². The number of anilines is 1. The van der Waals surface area contributed by atoms with Crippen molar-refractivity contribution in [3.8, 4) is 0 Å². The van der Waals surface area contributed by atoms with Gasteiger partial charge in [0.2, 0.25) is 0 Å². The second kappa shape index (κ2) is 11.3. The lowest BCUT2D eigenvalue weighted by atomic mass is 10.1. The van der Waals surface area contributed by atoms with E-state index in [1.165, 1.54) is 50.9 Å². The van der Waals surface area contributed by atoms with Crippen molar-refractivity contribution in [2.45, 2.75) is 38.5 Å². The summed E-state index contributed by atoms with van der Waals surface area (Å²) in [6.45, 7) is 7.07. The molecule has 2 aliphatic rings. The van der Waals surface area contributed by atoms with Gasteiger partial charge in [-0.1, -0.05) is 12.8 Å². The van der Waals surface area contributed by atoms with Crippen LogP contribution in [0.4, 0.5) is 14.5 Å². The Kier molecular flexibility index (Phi) is 8.52. The van der Waals surface area contributed by atoms with E-state index in [-0.39, 0.29) is 0 Å². The van der Waals surface area contributed by atoms with Gasteiger partial charge in [0.15, 0.2) is 17.6 Å². The van der Waals surface area contributed by atoms with Gasteiger partial charge in [0.25, 0.3) is 0 Å². The zero-order valence-corrected chi connectivity index (χ0v) is 17.6. The molecule has 2 heterocycles. The number of aliphatic imine (C=N–C) groups is 1. The Morgan fingerprint density at radius 3 is 2.59 bits per heavy atom. The van der Waals surface area contributed by atoms with Gasteiger partial charge in [-0.05, 0) is 63.4 Å². The number of nitrogens with one attached hydrogen (secondary N) is 2. The third-order valence-electron chi connectivity index (χ3n) is 5.98. The van der Waals surface area contributed by atoms with Crippen LogP contribution < -0.4 is 15.5 Å². The zero-order chi connectivity index (χ0) is 20.5. The quantitative estimate of drug-likeness (QED) is 0.414. The molecule has 2 aliphatic heterocycles. The number of nitrogens with zero attached hydrogens (tertiary/aromatic N) is 3. The molecule has 0 aliphatic carbocycles. The van der Waals surface area contributed by atoms with Crippen LogP contribution in [-0.2, 0) is 0 Å². The number of guanidine groups is 1. The number of benzene rings is 1. The Morgan fingerprint density at radius 2 is 1.86 bits per heavy atom. The van der Waals surface area contributed by atoms with Gasteiger partial charge in [-0.25, -0.2) is 8.78 Å². The van der Waals surface area contributed by atoms with Crippen molar-refractivity contribution in [3.05, 3.63) is 29.8 Å². The molecule has 2 N–H and O–H groups in total. The average molecular weight is 408 g/mol. The molecule has 0 saturated carbocycles. The summed E-state index contributed by atoms with van der Waals surface area (Å²) in [6.07, 6.45) is 7.56. The number of rotatable bonds is 7. The fourth-order valence-corrected chi connectivity index (χ4v) is 4.25. The summed E-state index contributed by atoms with van der Waals surface area (Å²) in [5, 5.41) is 6.83. The highest BCUT2D eigenvalue weighted by Crippen LogP contribution is 2.25. The molecule has 2 saturated heterocycles. The average Bonchev–Trinajstić information content (AvgIpc) is 3.05. The molecule has 1 aromatic carbocycles. The summed E-state index contributed by atoms with van der Waals surface area (Å²) in [4.78, 5) is 9.02. The summed E-state index contributed by atoms with van der Waals surface area (Å²) in [6, 6.07) is 4.14. The van der Waals surface area contributed by atoms with E-state index in [4.69, 9.17) is 0 Å². The monoisotopic (exact) mass is 407 g/mol. The van der Waals surface area contributed by atoms with Crippen molar-refractivity contribution < 1.29 is 8.78 Å². The van der Waals surface area contributed by atoms with Crippen LogP contribution in [0.25, 0.3) is 0 Å². The maximum atomic E-state index is 13.5. The van der Waals surface area contributed by atoms with Gasteiger partial charge in [0.1, 0.15) is 0 Å². The number of likely N-dealkylation sites (tertiary alicyclic amines) is 1. The fourth-order valence-electron chi connectivity index (χ4n) is 4.25. The van der Waals surface area contributed by atoms with E-state index in [0.717, 1.165) is 57.2 Å². The highest BCUT2D eigenvalue weighted by molar-refractivity contribution is 5.79. The summed E-state index contributed by atoms with van der Waals surface area (Å²) in [5.41, 5.74) is 0.752. The maximum absolute atomic E-state index is 13.5. The van der Waals surface area contributed by atoms with E-state index >= 15 is 0 Å². The number of halogens is 2. The fraction of sp³-hybridized carbons (Fsp3) is 0.682. The van der Waals surface area contributed by atoms with Crippen LogP contribution in [0.5, 0.6) is 0 Å². The molecule has 2 fully saturated rings. The number of hydrogen-bond acceptors (Lipinski definition) is 3. The molecule has 3 rings (SSSR count). The van der Waals surface area contributed by atoms with Gasteiger partial charge in [-0.3, -0.25) is 4.99 Å². The van der Waals surface area contributed by atoms with E-state index in [9.17, 15) is 8.78 Å². The maximum Gasteiger partial charge on any atom is 0.190 e. The molecular formula is C22H35F2N5. The molecule has 1 unspecified atom stereocenters. The van der Waals surface area contributed by atoms with Gasteiger partial charge in [-0.2, -0.15) is 0 Å². The first-order valence-electron chi connectivity index (χ1n) is 11.0. The van der Waals surface area contributed by atoms with E-state index in [1.807, 2.05) is 0 Å². The highest BCUT2D eigenvalue weighted by atomic mass is 19.2. The Labute approximate surface area is 173 Å². The lowest BCUT2D eigenvalue weighted by molar-refractivity contribution is 0.282. The van der Waals surface area contributed by atoms with Crippen molar-refractivity contribution >= 4 is 11.6 Å². The second-order valence-electron chi connectivity index (χ2n) is 8.19. The highest BCUT2D eigenvalue weighted by Gasteiger charge is 2.23. The van der Waals surface area contributed by atoms with Gasteiger partial charge >= 0.3 is 0 Å². The third-order valence-corrected chi connectivity index (χ3v) is 5.98. The van der Waals surface area contributed by atoms with E-state index in [0.29, 0.717) is 5.92 Å². The summed E-state index contributed by atoms with van der Waals surface area (Å²) in [7, 11) is 1.80. The molecule has 162 valence electrons. The topological polar surface area (TPSA) is 42.9 Å². The predicted molar refractivity (Wildman–Crippen MR) is 116 cm³/mol. The first-order valence-corrected chi connectivity index (χ1v) is 11.0. The lowest BCUT2D eigenvalue weighted by Gasteiger charge is -2.21. The molecule has 0 amide bonds. The van der Waals surface area contributed by atoms with Crippen LogP contribution in [0.15, 0.2) is 23.2 Å². The van der Waals surface area contributed by atoms with E-state index in [1.54, 1.807) is 13.1 Å². The van der Waals surface area contributed by atoms with E-state index in [2.05, 4.69) is 25.4 Å². The molecule has 0 spiro atoms. The summed E-state index contributed by atoms with van der Waals surface area (Å²) >= 11 is 0. The predicted octanol–water partition coefficient (Wildman–Crippen LogP) is 3.22. The molecule has 5 nitrogen and oxygen atoms in total. The minimum absolute atomic E-state index is 0.457. The van der Waals surface area contributed by atoms with Crippen LogP contribution in [0, 0.1) is 17.6 Å². The van der Waals surface area contributed by atoms with Crippen LogP contribution in [0.2, 0.25) is 0 Å². The lowest BCUT2D eigenvalue weighted by Crippen LogP contribution is -2.41. The summed E-state index contributed by atoms with van der Waals surface area (Å²) < 4.78 is 26.6.